The van der Waals surface area contributed by atoms with Crippen molar-refractivity contribution >= 4 is 23.4 Å². The van der Waals surface area contributed by atoms with Gasteiger partial charge in [0.25, 0.3) is 11.5 Å². The number of amides is 1. The Kier molecular flexibility index (Phi) is 3.18. The molecule has 0 aliphatic carbocycles. The van der Waals surface area contributed by atoms with Gasteiger partial charge in [-0.1, -0.05) is 0 Å². The van der Waals surface area contributed by atoms with E-state index in [0.29, 0.717) is 0 Å². The highest BCUT2D eigenvalue weighted by Crippen LogP contribution is 2.22. The second-order valence-electron chi connectivity index (χ2n) is 4.09. The molecule has 20 heavy (non-hydrogen) atoms. The summed E-state index contributed by atoms with van der Waals surface area (Å²) in [6, 6.07) is 0. The highest BCUT2D eigenvalue weighted by molar-refractivity contribution is 6.12. The largest absolute Gasteiger partial charge is 0.466 e. The Morgan fingerprint density at radius 3 is 2.40 bits per heavy atom. The fourth-order valence-corrected chi connectivity index (χ4v) is 1.75. The molecule has 2 heterocycles. The Morgan fingerprint density at radius 1 is 1.15 bits per heavy atom. The summed E-state index contributed by atoms with van der Waals surface area (Å²) in [4.78, 5) is 46.7. The van der Waals surface area contributed by atoms with E-state index in [1.54, 1.807) is 0 Å². The van der Waals surface area contributed by atoms with E-state index in [0.717, 1.165) is 22.3 Å². The number of carbonyl (C=O) groups is 2. The first-order valence-electron chi connectivity index (χ1n) is 5.55. The Labute approximate surface area is 112 Å². The van der Waals surface area contributed by atoms with Crippen LogP contribution in [-0.4, -0.2) is 28.1 Å². The summed E-state index contributed by atoms with van der Waals surface area (Å²) in [6.07, 6.45) is 0.919. The van der Waals surface area contributed by atoms with Gasteiger partial charge in [0.05, 0.1) is 13.2 Å². The molecule has 2 rings (SSSR count). The predicted molar refractivity (Wildman–Crippen MR) is 69.3 cm³/mol. The van der Waals surface area contributed by atoms with E-state index in [4.69, 9.17) is 0 Å². The van der Waals surface area contributed by atoms with Gasteiger partial charge in [-0.05, 0) is 0 Å². The number of anilines is 2. The fourth-order valence-electron chi connectivity index (χ4n) is 1.75. The van der Waals surface area contributed by atoms with Crippen LogP contribution in [0.15, 0.2) is 21.4 Å². The molecule has 1 aromatic rings. The number of esters is 1. The minimum absolute atomic E-state index is 0.00403. The number of methoxy groups -OCH3 is 1. The van der Waals surface area contributed by atoms with Gasteiger partial charge in [-0.25, -0.2) is 9.59 Å². The Bertz CT molecular complexity index is 755. The van der Waals surface area contributed by atoms with Gasteiger partial charge in [0, 0.05) is 14.1 Å². The zero-order valence-electron chi connectivity index (χ0n) is 11.0. The molecule has 9 nitrogen and oxygen atoms in total. The van der Waals surface area contributed by atoms with E-state index >= 15 is 0 Å². The highest BCUT2D eigenvalue weighted by atomic mass is 16.5. The molecule has 0 atom stereocenters. The van der Waals surface area contributed by atoms with Crippen LogP contribution in [0.2, 0.25) is 0 Å². The van der Waals surface area contributed by atoms with Crippen molar-refractivity contribution in [2.75, 3.05) is 17.7 Å². The molecule has 0 fully saturated rings. The first-order valence-corrected chi connectivity index (χ1v) is 5.55. The summed E-state index contributed by atoms with van der Waals surface area (Å²) in [5.74, 6) is -1.34. The van der Waals surface area contributed by atoms with Crippen LogP contribution in [0, 0.1) is 0 Å². The van der Waals surface area contributed by atoms with Crippen molar-refractivity contribution in [3.05, 3.63) is 32.6 Å². The molecule has 1 aromatic heterocycles. The van der Waals surface area contributed by atoms with Crippen LogP contribution in [0.4, 0.5) is 11.5 Å². The van der Waals surface area contributed by atoms with Crippen LogP contribution in [0.3, 0.4) is 0 Å². The minimum Gasteiger partial charge on any atom is -0.466 e. The number of rotatable bonds is 1. The minimum atomic E-state index is -0.743. The van der Waals surface area contributed by atoms with Gasteiger partial charge in [-0.3, -0.25) is 18.7 Å². The number of fused-ring (bicyclic) bond motifs is 1. The molecule has 0 radical (unpaired) electrons. The summed E-state index contributed by atoms with van der Waals surface area (Å²) >= 11 is 0. The monoisotopic (exact) mass is 280 g/mol. The van der Waals surface area contributed by atoms with Crippen molar-refractivity contribution in [2.45, 2.75) is 0 Å². The maximum atomic E-state index is 12.0. The lowest BCUT2D eigenvalue weighted by molar-refractivity contribution is -0.135. The van der Waals surface area contributed by atoms with Crippen LogP contribution in [0.1, 0.15) is 0 Å². The Balaban J connectivity index is 2.63. The first kappa shape index (κ1) is 13.6. The van der Waals surface area contributed by atoms with Crippen molar-refractivity contribution in [3.63, 3.8) is 0 Å². The number of hydrogen-bond donors (Lipinski definition) is 2. The molecule has 1 amide bonds. The van der Waals surface area contributed by atoms with Gasteiger partial charge in [0.2, 0.25) is 0 Å². The van der Waals surface area contributed by atoms with Crippen LogP contribution in [0.25, 0.3) is 0 Å². The molecule has 1 aliphatic heterocycles. The van der Waals surface area contributed by atoms with E-state index in [9.17, 15) is 19.2 Å². The molecule has 2 N–H and O–H groups in total. The van der Waals surface area contributed by atoms with Crippen molar-refractivity contribution < 1.29 is 14.3 Å². The first-order chi connectivity index (χ1) is 9.36. The molecule has 1 aliphatic rings. The summed E-state index contributed by atoms with van der Waals surface area (Å²) < 4.78 is 6.42. The molecule has 0 spiro atoms. The molecule has 0 aromatic carbocycles. The number of carbonyl (C=O) groups excluding carboxylic acids is 2. The molecule has 9 heteroatoms. The van der Waals surface area contributed by atoms with E-state index in [2.05, 4.69) is 15.4 Å². The van der Waals surface area contributed by atoms with Gasteiger partial charge in [0.1, 0.15) is 17.2 Å². The second-order valence-corrected chi connectivity index (χ2v) is 4.09. The summed E-state index contributed by atoms with van der Waals surface area (Å²) in [5.41, 5.74) is -1.32. The smallest absolute Gasteiger partial charge is 0.332 e. The molecule has 0 unspecified atom stereocenters. The zero-order valence-corrected chi connectivity index (χ0v) is 11.0. The highest BCUT2D eigenvalue weighted by Gasteiger charge is 2.26. The summed E-state index contributed by atoms with van der Waals surface area (Å²) in [7, 11) is 3.89. The van der Waals surface area contributed by atoms with Gasteiger partial charge in [0.15, 0.2) is 0 Å². The molecular weight excluding hydrogens is 268 g/mol. The number of hydrogen-bond acceptors (Lipinski definition) is 6. The number of ether oxygens (including phenoxy) is 1. The lowest BCUT2D eigenvalue weighted by Gasteiger charge is -2.22. The third kappa shape index (κ3) is 1.98. The maximum Gasteiger partial charge on any atom is 0.332 e. The SMILES string of the molecule is COC(=O)/C=C1\Nc2c(n(C)c(=O)n(C)c2=O)NC1=O. The standard InChI is InChI=1S/C11H12N4O5/c1-14-8-7(10(18)15(2)11(14)19)12-5(9(17)13-8)4-6(16)20-3/h4,12H,1-3H3,(H,13,17)/b5-4-. The summed E-state index contributed by atoms with van der Waals surface area (Å²) in [6.45, 7) is 0. The van der Waals surface area contributed by atoms with Crippen molar-refractivity contribution in [1.82, 2.24) is 9.13 Å². The lowest BCUT2D eigenvalue weighted by atomic mass is 10.2. The van der Waals surface area contributed by atoms with Gasteiger partial charge in [-0.15, -0.1) is 0 Å². The average Bonchev–Trinajstić information content (AvgIpc) is 2.44. The predicted octanol–water partition coefficient (Wildman–Crippen LogP) is -1.50. The number of nitrogens with zero attached hydrogens (tertiary/aromatic N) is 2. The van der Waals surface area contributed by atoms with E-state index in [1.807, 2.05) is 0 Å². The van der Waals surface area contributed by atoms with E-state index < -0.39 is 23.1 Å². The van der Waals surface area contributed by atoms with Crippen molar-refractivity contribution in [2.24, 2.45) is 14.1 Å². The lowest BCUT2D eigenvalue weighted by Crippen LogP contribution is -2.43. The fraction of sp³-hybridized carbons (Fsp3) is 0.273. The molecule has 0 bridgehead atoms. The quantitative estimate of drug-likeness (QED) is 0.478. The third-order valence-corrected chi connectivity index (χ3v) is 2.86. The molecule has 106 valence electrons. The Hall–Kier alpha value is -2.84. The number of aromatic nitrogens is 2. The van der Waals surface area contributed by atoms with Gasteiger partial charge < -0.3 is 15.4 Å². The molecule has 0 saturated carbocycles. The molecule has 0 saturated heterocycles. The van der Waals surface area contributed by atoms with E-state index in [-0.39, 0.29) is 17.2 Å². The van der Waals surface area contributed by atoms with E-state index in [1.165, 1.54) is 14.1 Å². The van der Waals surface area contributed by atoms with Gasteiger partial charge in [-0.2, -0.15) is 0 Å². The Morgan fingerprint density at radius 2 is 1.80 bits per heavy atom. The average molecular weight is 280 g/mol. The van der Waals surface area contributed by atoms with Crippen LogP contribution in [-0.2, 0) is 28.4 Å². The number of nitrogens with one attached hydrogen (secondary N) is 2. The maximum absolute atomic E-state index is 12.0. The topological polar surface area (TPSA) is 111 Å². The molecular formula is C11H12N4O5. The van der Waals surface area contributed by atoms with Crippen molar-refractivity contribution in [1.29, 1.82) is 0 Å². The third-order valence-electron chi connectivity index (χ3n) is 2.86. The van der Waals surface area contributed by atoms with Crippen molar-refractivity contribution in [3.8, 4) is 0 Å². The summed E-state index contributed by atoms with van der Waals surface area (Å²) in [5, 5.41) is 4.93. The van der Waals surface area contributed by atoms with Crippen LogP contribution >= 0.6 is 0 Å². The second kappa shape index (κ2) is 4.68. The van der Waals surface area contributed by atoms with Crippen LogP contribution in [0.5, 0.6) is 0 Å². The zero-order chi connectivity index (χ0) is 15.0. The normalized spacial score (nSPS) is 15.3. The van der Waals surface area contributed by atoms with Gasteiger partial charge >= 0.3 is 11.7 Å². The van der Waals surface area contributed by atoms with Crippen LogP contribution < -0.4 is 21.9 Å².